The van der Waals surface area contributed by atoms with E-state index in [9.17, 15) is 0 Å². The normalized spacial score (nSPS) is 18.9. The van der Waals surface area contributed by atoms with E-state index in [0.29, 0.717) is 0 Å². The van der Waals surface area contributed by atoms with Crippen molar-refractivity contribution in [3.63, 3.8) is 0 Å². The lowest BCUT2D eigenvalue weighted by molar-refractivity contribution is 0.0532. The molecule has 2 rings (SSSR count). The third-order valence-corrected chi connectivity index (χ3v) is 6.00. The molecule has 1 aromatic rings. The second-order valence-corrected chi connectivity index (χ2v) is 10.1. The summed E-state index contributed by atoms with van der Waals surface area (Å²) in [7, 11) is -1.75. The maximum Gasteiger partial charge on any atom is 0.192 e. The third kappa shape index (κ3) is 4.26. The monoisotopic (exact) mass is 290 g/mol. The van der Waals surface area contributed by atoms with Crippen LogP contribution in [0.1, 0.15) is 18.4 Å². The summed E-state index contributed by atoms with van der Waals surface area (Å²) < 4.78 is 6.29. The van der Waals surface area contributed by atoms with Gasteiger partial charge in [0.25, 0.3) is 0 Å². The van der Waals surface area contributed by atoms with Crippen LogP contribution in [0.2, 0.25) is 19.1 Å². The number of aryl methyl sites for hydroxylation is 1. The molecule has 108 valence electrons. The first-order valence-corrected chi connectivity index (χ1v) is 10.3. The molecule has 0 aliphatic carbocycles. The van der Waals surface area contributed by atoms with Crippen molar-refractivity contribution in [3.8, 4) is 0 Å². The molecule has 0 spiro atoms. The van der Waals surface area contributed by atoms with Crippen molar-refractivity contribution >= 4 is 8.32 Å². The van der Waals surface area contributed by atoms with E-state index in [1.54, 1.807) is 5.01 Å². The summed E-state index contributed by atoms with van der Waals surface area (Å²) in [4.78, 5) is 2.88. The van der Waals surface area contributed by atoms with Gasteiger partial charge in [0.05, 0.1) is 6.54 Å². The van der Waals surface area contributed by atoms with Crippen LogP contribution in [0, 0.1) is 0 Å². The van der Waals surface area contributed by atoms with E-state index in [-0.39, 0.29) is 6.23 Å². The zero-order valence-electron chi connectivity index (χ0n) is 12.2. The van der Waals surface area contributed by atoms with Crippen molar-refractivity contribution in [3.05, 3.63) is 46.3 Å². The number of rotatable bonds is 6. The van der Waals surface area contributed by atoms with Gasteiger partial charge in [-0.1, -0.05) is 30.3 Å². The minimum Gasteiger partial charge on any atom is -0.381 e. The van der Waals surface area contributed by atoms with Gasteiger partial charge in [-0.15, -0.1) is 5.53 Å². The van der Waals surface area contributed by atoms with Gasteiger partial charge in [0.1, 0.15) is 0 Å². The maximum absolute atomic E-state index is 8.57. The van der Waals surface area contributed by atoms with Crippen molar-refractivity contribution in [2.75, 3.05) is 6.54 Å². The van der Waals surface area contributed by atoms with E-state index in [1.807, 2.05) is 6.07 Å². The molecule has 20 heavy (non-hydrogen) atoms. The predicted molar refractivity (Wildman–Crippen MR) is 82.4 cm³/mol. The van der Waals surface area contributed by atoms with Gasteiger partial charge in [-0.2, -0.15) is 4.91 Å². The first-order valence-electron chi connectivity index (χ1n) is 7.14. The van der Waals surface area contributed by atoms with Crippen LogP contribution in [-0.4, -0.2) is 26.1 Å². The van der Waals surface area contributed by atoms with E-state index in [0.717, 1.165) is 31.9 Å². The number of nitrogens with zero attached hydrogens (tertiary/aromatic N) is 4. The molecule has 1 saturated heterocycles. The van der Waals surface area contributed by atoms with Crippen LogP contribution < -0.4 is 0 Å². The van der Waals surface area contributed by atoms with Crippen LogP contribution in [0.5, 0.6) is 0 Å². The molecule has 1 unspecified atom stereocenters. The van der Waals surface area contributed by atoms with E-state index >= 15 is 0 Å². The molecule has 0 N–H and O–H groups in total. The van der Waals surface area contributed by atoms with Crippen LogP contribution in [0.4, 0.5) is 0 Å². The summed E-state index contributed by atoms with van der Waals surface area (Å²) in [6.07, 6.45) is 3.02. The molecule has 0 bridgehead atoms. The van der Waals surface area contributed by atoms with Crippen LogP contribution in [0.25, 0.3) is 10.4 Å². The fraction of sp³-hybridized carbons (Fsp3) is 0.571. The highest BCUT2D eigenvalue weighted by molar-refractivity contribution is 6.71. The molecule has 5 nitrogen and oxygen atoms in total. The molecule has 1 fully saturated rings. The van der Waals surface area contributed by atoms with Gasteiger partial charge in [0.15, 0.2) is 14.5 Å². The summed E-state index contributed by atoms with van der Waals surface area (Å²) in [6, 6.07) is 11.6. The smallest absolute Gasteiger partial charge is 0.192 e. The molecule has 0 aromatic heterocycles. The maximum atomic E-state index is 8.57. The zero-order chi connectivity index (χ0) is 14.4. The molecule has 0 amide bonds. The average molecular weight is 290 g/mol. The highest BCUT2D eigenvalue weighted by Crippen LogP contribution is 2.25. The Balaban J connectivity index is 1.88. The Hall–Kier alpha value is -1.49. The minimum absolute atomic E-state index is 0.0247. The van der Waals surface area contributed by atoms with Crippen LogP contribution in [0.15, 0.2) is 35.6 Å². The second-order valence-electron chi connectivity index (χ2n) is 5.80. The standard InChI is InChI=1S/C14H22N4OSi/c1-20(2,12-10-13-7-4-3-5-8-13)19-14-9-6-11-18(14)17-16-15/h3-5,7-8,14H,6,9-12H2,1-2H3. The summed E-state index contributed by atoms with van der Waals surface area (Å²) in [6.45, 7) is 5.28. The molecule has 1 aromatic carbocycles. The van der Waals surface area contributed by atoms with Crippen molar-refractivity contribution in [1.29, 1.82) is 0 Å². The predicted octanol–water partition coefficient (Wildman–Crippen LogP) is 4.10. The quantitative estimate of drug-likeness (QED) is 0.343. The van der Waals surface area contributed by atoms with Crippen molar-refractivity contribution in [1.82, 2.24) is 5.01 Å². The summed E-state index contributed by atoms with van der Waals surface area (Å²) in [5.41, 5.74) is 9.92. The van der Waals surface area contributed by atoms with E-state index < -0.39 is 8.32 Å². The lowest BCUT2D eigenvalue weighted by Crippen LogP contribution is -2.40. The first kappa shape index (κ1) is 14.9. The van der Waals surface area contributed by atoms with Gasteiger partial charge in [-0.3, -0.25) is 0 Å². The Kier molecular flexibility index (Phi) is 5.06. The highest BCUT2D eigenvalue weighted by atomic mass is 28.4. The van der Waals surface area contributed by atoms with Gasteiger partial charge in [-0.05, 0) is 42.8 Å². The number of hydrogen-bond donors (Lipinski definition) is 0. The Labute approximate surface area is 121 Å². The third-order valence-electron chi connectivity index (χ3n) is 3.64. The fourth-order valence-electron chi connectivity index (χ4n) is 2.51. The summed E-state index contributed by atoms with van der Waals surface area (Å²) in [5.74, 6) is 0. The van der Waals surface area contributed by atoms with Gasteiger partial charge >= 0.3 is 0 Å². The Morgan fingerprint density at radius 1 is 1.40 bits per heavy atom. The number of hydrogen-bond acceptors (Lipinski definition) is 2. The molecule has 1 aliphatic rings. The Bertz CT molecular complexity index is 473. The van der Waals surface area contributed by atoms with Crippen molar-refractivity contribution in [2.45, 2.75) is 44.6 Å². The lowest BCUT2D eigenvalue weighted by atomic mass is 10.2. The van der Waals surface area contributed by atoms with Gasteiger partial charge in [0.2, 0.25) is 0 Å². The number of benzene rings is 1. The van der Waals surface area contributed by atoms with Gasteiger partial charge in [0, 0.05) is 6.42 Å². The summed E-state index contributed by atoms with van der Waals surface area (Å²) >= 11 is 0. The lowest BCUT2D eigenvalue weighted by Gasteiger charge is -2.28. The Morgan fingerprint density at radius 3 is 2.85 bits per heavy atom. The molecule has 1 aliphatic heterocycles. The van der Waals surface area contributed by atoms with Crippen LogP contribution in [-0.2, 0) is 10.8 Å². The minimum atomic E-state index is -1.75. The molecular formula is C14H22N4OSi. The van der Waals surface area contributed by atoms with Gasteiger partial charge in [-0.25, -0.2) is 5.01 Å². The van der Waals surface area contributed by atoms with Crippen molar-refractivity contribution < 1.29 is 4.43 Å². The molecule has 0 radical (unpaired) electrons. The highest BCUT2D eigenvalue weighted by Gasteiger charge is 2.34. The molecular weight excluding hydrogens is 268 g/mol. The molecule has 6 heteroatoms. The molecule has 1 heterocycles. The topological polar surface area (TPSA) is 61.2 Å². The Morgan fingerprint density at radius 2 is 2.15 bits per heavy atom. The SMILES string of the molecule is C[Si](C)(CCc1ccccc1)OC1CCCN1N=[N+]=[N-]. The zero-order valence-corrected chi connectivity index (χ0v) is 13.2. The second kappa shape index (κ2) is 6.79. The van der Waals surface area contributed by atoms with Crippen molar-refractivity contribution in [2.24, 2.45) is 5.22 Å². The largest absolute Gasteiger partial charge is 0.381 e. The average Bonchev–Trinajstić information content (AvgIpc) is 2.85. The summed E-state index contributed by atoms with van der Waals surface area (Å²) in [5, 5.41) is 5.47. The van der Waals surface area contributed by atoms with E-state index in [4.69, 9.17) is 9.96 Å². The first-order chi connectivity index (χ1) is 9.61. The molecule has 1 atom stereocenters. The van der Waals surface area contributed by atoms with E-state index in [2.05, 4.69) is 47.5 Å². The van der Waals surface area contributed by atoms with Crippen LogP contribution >= 0.6 is 0 Å². The fourth-order valence-corrected chi connectivity index (χ4v) is 4.50. The van der Waals surface area contributed by atoms with Crippen LogP contribution in [0.3, 0.4) is 0 Å². The van der Waals surface area contributed by atoms with E-state index in [1.165, 1.54) is 5.56 Å². The van der Waals surface area contributed by atoms with Gasteiger partial charge < -0.3 is 4.43 Å². The molecule has 0 saturated carbocycles. The number of azide groups is 1.